The van der Waals surface area contributed by atoms with E-state index in [0.29, 0.717) is 0 Å². The van der Waals surface area contributed by atoms with E-state index < -0.39 is 0 Å². The minimum absolute atomic E-state index is 0.0377. The van der Waals surface area contributed by atoms with Gasteiger partial charge in [0.25, 0.3) is 0 Å². The van der Waals surface area contributed by atoms with Crippen LogP contribution in [-0.4, -0.2) is 4.98 Å². The topological polar surface area (TPSA) is 12.9 Å². The van der Waals surface area contributed by atoms with Gasteiger partial charge in [-0.1, -0.05) is 26.8 Å². The summed E-state index contributed by atoms with van der Waals surface area (Å²) in [6.45, 7) is 8.37. The molecule has 1 heterocycles. The van der Waals surface area contributed by atoms with Gasteiger partial charge in [0.15, 0.2) is 0 Å². The Hall–Kier alpha value is -1.22. The van der Waals surface area contributed by atoms with E-state index >= 15 is 0 Å². The Labute approximate surface area is 105 Å². The lowest BCUT2D eigenvalue weighted by Gasteiger charge is -2.14. The van der Waals surface area contributed by atoms with E-state index in [1.54, 1.807) is 23.5 Å². The summed E-state index contributed by atoms with van der Waals surface area (Å²) >= 11 is 1.57. The van der Waals surface area contributed by atoms with Crippen LogP contribution in [0.5, 0.6) is 0 Å². The van der Waals surface area contributed by atoms with Gasteiger partial charge in [-0.05, 0) is 24.6 Å². The molecule has 0 N–H and O–H groups in total. The number of hydrogen-bond acceptors (Lipinski definition) is 2. The van der Waals surface area contributed by atoms with Crippen LogP contribution < -0.4 is 0 Å². The standard InChI is InChI=1S/C14H16FNS/c1-9-5-6-10(15)7-11(9)13-16-12(8-17-13)14(2,3)4/h5-8H,1-4H3. The Bertz CT molecular complexity index is 537. The van der Waals surface area contributed by atoms with Gasteiger partial charge in [-0.2, -0.15) is 0 Å². The van der Waals surface area contributed by atoms with E-state index in [2.05, 4.69) is 31.1 Å². The molecule has 0 radical (unpaired) electrons. The number of benzene rings is 1. The predicted molar refractivity (Wildman–Crippen MR) is 70.9 cm³/mol. The molecule has 3 heteroatoms. The summed E-state index contributed by atoms with van der Waals surface area (Å²) in [5.74, 6) is -0.210. The molecule has 0 bridgehead atoms. The van der Waals surface area contributed by atoms with Crippen LogP contribution in [0.15, 0.2) is 23.6 Å². The molecular weight excluding hydrogens is 233 g/mol. The monoisotopic (exact) mass is 249 g/mol. The highest BCUT2D eigenvalue weighted by Crippen LogP contribution is 2.31. The Morgan fingerprint density at radius 3 is 2.53 bits per heavy atom. The molecule has 90 valence electrons. The van der Waals surface area contributed by atoms with E-state index in [-0.39, 0.29) is 11.2 Å². The fourth-order valence-electron chi connectivity index (χ4n) is 1.57. The first-order valence-corrected chi connectivity index (χ1v) is 6.48. The summed E-state index contributed by atoms with van der Waals surface area (Å²) in [7, 11) is 0. The van der Waals surface area contributed by atoms with E-state index in [1.807, 2.05) is 6.92 Å². The second kappa shape index (κ2) is 4.22. The molecule has 0 unspecified atom stereocenters. The molecule has 0 spiro atoms. The normalized spacial score (nSPS) is 11.8. The van der Waals surface area contributed by atoms with Crippen molar-refractivity contribution in [1.29, 1.82) is 0 Å². The van der Waals surface area contributed by atoms with Crippen LogP contribution >= 0.6 is 11.3 Å². The number of thiazole rings is 1. The summed E-state index contributed by atoms with van der Waals surface area (Å²) in [6, 6.07) is 4.83. The average molecular weight is 249 g/mol. The lowest BCUT2D eigenvalue weighted by Crippen LogP contribution is -2.11. The quantitative estimate of drug-likeness (QED) is 0.722. The van der Waals surface area contributed by atoms with Crippen molar-refractivity contribution < 1.29 is 4.39 Å². The Morgan fingerprint density at radius 1 is 1.24 bits per heavy atom. The third kappa shape index (κ3) is 2.55. The lowest BCUT2D eigenvalue weighted by molar-refractivity contribution is 0.573. The van der Waals surface area contributed by atoms with Gasteiger partial charge in [0.05, 0.1) is 5.69 Å². The van der Waals surface area contributed by atoms with E-state index in [9.17, 15) is 4.39 Å². The predicted octanol–water partition coefficient (Wildman–Crippen LogP) is 4.56. The zero-order chi connectivity index (χ0) is 12.6. The number of aromatic nitrogens is 1. The van der Waals surface area contributed by atoms with Crippen LogP contribution in [0.2, 0.25) is 0 Å². The Balaban J connectivity index is 2.47. The van der Waals surface area contributed by atoms with Crippen LogP contribution in [0.4, 0.5) is 4.39 Å². The zero-order valence-corrected chi connectivity index (χ0v) is 11.4. The van der Waals surface area contributed by atoms with E-state index in [0.717, 1.165) is 21.8 Å². The van der Waals surface area contributed by atoms with Crippen molar-refractivity contribution in [2.45, 2.75) is 33.1 Å². The number of rotatable bonds is 1. The number of halogens is 1. The summed E-state index contributed by atoms with van der Waals surface area (Å²) in [5, 5.41) is 2.95. The van der Waals surface area contributed by atoms with Crippen molar-refractivity contribution in [2.24, 2.45) is 0 Å². The number of nitrogens with zero attached hydrogens (tertiary/aromatic N) is 1. The molecule has 0 saturated heterocycles. The number of aryl methyl sites for hydroxylation is 1. The molecular formula is C14H16FNS. The second-order valence-electron chi connectivity index (χ2n) is 5.25. The lowest BCUT2D eigenvalue weighted by atomic mass is 9.93. The largest absolute Gasteiger partial charge is 0.241 e. The minimum atomic E-state index is -0.210. The van der Waals surface area contributed by atoms with Gasteiger partial charge in [0.1, 0.15) is 10.8 Å². The van der Waals surface area contributed by atoms with E-state index in [4.69, 9.17) is 0 Å². The van der Waals surface area contributed by atoms with Crippen molar-refractivity contribution in [3.05, 3.63) is 40.7 Å². The number of hydrogen-bond donors (Lipinski definition) is 0. The van der Waals surface area contributed by atoms with Gasteiger partial charge in [-0.3, -0.25) is 0 Å². The molecule has 0 saturated carbocycles. The first kappa shape index (κ1) is 12.2. The smallest absolute Gasteiger partial charge is 0.123 e. The van der Waals surface area contributed by atoms with Crippen LogP contribution in [0.3, 0.4) is 0 Å². The SMILES string of the molecule is Cc1ccc(F)cc1-c1nc(C(C)(C)C)cs1. The molecule has 1 aromatic carbocycles. The third-order valence-electron chi connectivity index (χ3n) is 2.70. The minimum Gasteiger partial charge on any atom is -0.241 e. The molecule has 0 aliphatic carbocycles. The molecule has 17 heavy (non-hydrogen) atoms. The summed E-state index contributed by atoms with van der Waals surface area (Å²) in [6.07, 6.45) is 0. The zero-order valence-electron chi connectivity index (χ0n) is 10.5. The first-order valence-electron chi connectivity index (χ1n) is 5.60. The molecule has 1 nitrogen and oxygen atoms in total. The highest BCUT2D eigenvalue weighted by Gasteiger charge is 2.18. The fraction of sp³-hybridized carbons (Fsp3) is 0.357. The van der Waals surface area contributed by atoms with Gasteiger partial charge in [0.2, 0.25) is 0 Å². The molecule has 0 amide bonds. The van der Waals surface area contributed by atoms with Crippen LogP contribution in [-0.2, 0) is 5.41 Å². The summed E-state index contributed by atoms with van der Waals surface area (Å²) in [5.41, 5.74) is 3.04. The van der Waals surface area contributed by atoms with Gasteiger partial charge < -0.3 is 0 Å². The van der Waals surface area contributed by atoms with Crippen molar-refractivity contribution in [1.82, 2.24) is 4.98 Å². The van der Waals surface area contributed by atoms with Crippen molar-refractivity contribution in [3.63, 3.8) is 0 Å². The maximum absolute atomic E-state index is 13.3. The van der Waals surface area contributed by atoms with Crippen LogP contribution in [0.1, 0.15) is 32.0 Å². The summed E-state index contributed by atoms with van der Waals surface area (Å²) < 4.78 is 13.3. The molecule has 2 aromatic rings. The second-order valence-corrected chi connectivity index (χ2v) is 6.11. The van der Waals surface area contributed by atoms with Gasteiger partial charge in [-0.15, -0.1) is 11.3 Å². The molecule has 1 aromatic heterocycles. The Morgan fingerprint density at radius 2 is 1.94 bits per heavy atom. The van der Waals surface area contributed by atoms with Crippen LogP contribution in [0, 0.1) is 12.7 Å². The highest BCUT2D eigenvalue weighted by molar-refractivity contribution is 7.13. The molecule has 0 aliphatic rings. The fourth-order valence-corrected chi connectivity index (χ4v) is 2.69. The van der Waals surface area contributed by atoms with Crippen molar-refractivity contribution in [3.8, 4) is 10.6 Å². The molecule has 0 fully saturated rings. The maximum Gasteiger partial charge on any atom is 0.123 e. The van der Waals surface area contributed by atoms with Gasteiger partial charge in [-0.25, -0.2) is 9.37 Å². The molecule has 0 aliphatic heterocycles. The van der Waals surface area contributed by atoms with Crippen molar-refractivity contribution >= 4 is 11.3 Å². The third-order valence-corrected chi connectivity index (χ3v) is 3.58. The summed E-state index contributed by atoms with van der Waals surface area (Å²) in [4.78, 5) is 4.61. The van der Waals surface area contributed by atoms with Gasteiger partial charge >= 0.3 is 0 Å². The highest BCUT2D eigenvalue weighted by atomic mass is 32.1. The molecule has 0 atom stereocenters. The van der Waals surface area contributed by atoms with Crippen molar-refractivity contribution in [2.75, 3.05) is 0 Å². The average Bonchev–Trinajstić information content (AvgIpc) is 2.70. The first-order chi connectivity index (χ1) is 7.88. The van der Waals surface area contributed by atoms with Crippen LogP contribution in [0.25, 0.3) is 10.6 Å². The van der Waals surface area contributed by atoms with Gasteiger partial charge in [0, 0.05) is 16.4 Å². The maximum atomic E-state index is 13.3. The van der Waals surface area contributed by atoms with E-state index in [1.165, 1.54) is 6.07 Å². The Kier molecular flexibility index (Phi) is 3.04. The molecule has 2 rings (SSSR count).